The summed E-state index contributed by atoms with van der Waals surface area (Å²) in [5.41, 5.74) is 0.886. The molecule has 2 heterocycles. The molecule has 6 nitrogen and oxygen atoms in total. The van der Waals surface area contributed by atoms with E-state index in [-0.39, 0.29) is 23.3 Å². The van der Waals surface area contributed by atoms with Gasteiger partial charge in [-0.1, -0.05) is 11.6 Å². The molecule has 0 aliphatic carbocycles. The summed E-state index contributed by atoms with van der Waals surface area (Å²) in [7, 11) is 1.80. The van der Waals surface area contributed by atoms with Crippen molar-refractivity contribution in [3.05, 3.63) is 70.6 Å². The molecule has 1 aromatic carbocycles. The van der Waals surface area contributed by atoms with Crippen LogP contribution in [0.5, 0.6) is 5.75 Å². The van der Waals surface area contributed by atoms with Gasteiger partial charge in [-0.3, -0.25) is 9.48 Å². The zero-order valence-corrected chi connectivity index (χ0v) is 14.1. The molecule has 0 saturated heterocycles. The molecule has 0 radical (unpaired) electrons. The molecule has 0 aliphatic heterocycles. The molecule has 8 heteroatoms. The Morgan fingerprint density at radius 1 is 1.40 bits per heavy atom. The van der Waals surface area contributed by atoms with Crippen molar-refractivity contribution in [1.82, 2.24) is 15.1 Å². The Hall–Kier alpha value is -2.80. The molecule has 130 valence electrons. The maximum Gasteiger partial charge on any atom is 0.287 e. The number of amides is 1. The lowest BCUT2D eigenvalue weighted by Crippen LogP contribution is -2.22. The summed E-state index contributed by atoms with van der Waals surface area (Å²) in [5, 5.41) is 6.94. The third kappa shape index (κ3) is 4.39. The SMILES string of the molecule is Cn1cc(CNC(=O)c2ccc(COc3ccc(F)cc3Cl)o2)cn1. The topological polar surface area (TPSA) is 69.3 Å². The van der Waals surface area contributed by atoms with Crippen LogP contribution in [0.1, 0.15) is 21.9 Å². The van der Waals surface area contributed by atoms with Crippen LogP contribution in [0.4, 0.5) is 4.39 Å². The zero-order chi connectivity index (χ0) is 17.8. The summed E-state index contributed by atoms with van der Waals surface area (Å²) >= 11 is 5.89. The van der Waals surface area contributed by atoms with E-state index in [2.05, 4.69) is 10.4 Å². The van der Waals surface area contributed by atoms with Crippen LogP contribution in [0.2, 0.25) is 5.02 Å². The summed E-state index contributed by atoms with van der Waals surface area (Å²) in [4.78, 5) is 12.1. The van der Waals surface area contributed by atoms with E-state index in [0.29, 0.717) is 18.1 Å². The van der Waals surface area contributed by atoms with E-state index in [1.165, 1.54) is 12.1 Å². The second kappa shape index (κ2) is 7.40. The van der Waals surface area contributed by atoms with Crippen LogP contribution in [-0.4, -0.2) is 15.7 Å². The number of nitrogens with zero attached hydrogens (tertiary/aromatic N) is 2. The quantitative estimate of drug-likeness (QED) is 0.729. The van der Waals surface area contributed by atoms with Gasteiger partial charge in [-0.05, 0) is 30.3 Å². The average molecular weight is 364 g/mol. The predicted molar refractivity (Wildman–Crippen MR) is 88.8 cm³/mol. The van der Waals surface area contributed by atoms with Crippen molar-refractivity contribution in [1.29, 1.82) is 0 Å². The van der Waals surface area contributed by atoms with E-state index >= 15 is 0 Å². The number of furan rings is 1. The molecule has 0 fully saturated rings. The van der Waals surface area contributed by atoms with Gasteiger partial charge in [-0.25, -0.2) is 4.39 Å². The van der Waals surface area contributed by atoms with Crippen molar-refractivity contribution in [3.63, 3.8) is 0 Å². The highest BCUT2D eigenvalue weighted by Gasteiger charge is 2.12. The highest BCUT2D eigenvalue weighted by atomic mass is 35.5. The molecule has 0 bridgehead atoms. The first-order valence-corrected chi connectivity index (χ1v) is 7.81. The third-order valence-electron chi connectivity index (χ3n) is 3.36. The molecule has 25 heavy (non-hydrogen) atoms. The fourth-order valence-electron chi connectivity index (χ4n) is 2.15. The van der Waals surface area contributed by atoms with Gasteiger partial charge in [0.05, 0.1) is 11.2 Å². The van der Waals surface area contributed by atoms with E-state index in [1.54, 1.807) is 30.1 Å². The van der Waals surface area contributed by atoms with Gasteiger partial charge in [0.25, 0.3) is 5.91 Å². The summed E-state index contributed by atoms with van der Waals surface area (Å²) < 4.78 is 25.6. The minimum Gasteiger partial charge on any atom is -0.484 e. The van der Waals surface area contributed by atoms with E-state index < -0.39 is 5.82 Å². The largest absolute Gasteiger partial charge is 0.484 e. The van der Waals surface area contributed by atoms with Crippen LogP contribution in [0.15, 0.2) is 47.1 Å². The fraction of sp³-hybridized carbons (Fsp3) is 0.176. The van der Waals surface area contributed by atoms with Gasteiger partial charge in [0.15, 0.2) is 5.76 Å². The van der Waals surface area contributed by atoms with Crippen molar-refractivity contribution >= 4 is 17.5 Å². The monoisotopic (exact) mass is 363 g/mol. The smallest absolute Gasteiger partial charge is 0.287 e. The van der Waals surface area contributed by atoms with Crippen molar-refractivity contribution < 1.29 is 18.3 Å². The van der Waals surface area contributed by atoms with Gasteiger partial charge in [0.1, 0.15) is 23.9 Å². The second-order valence-electron chi connectivity index (χ2n) is 5.33. The van der Waals surface area contributed by atoms with Crippen molar-refractivity contribution in [2.45, 2.75) is 13.2 Å². The number of nitrogens with one attached hydrogen (secondary N) is 1. The predicted octanol–water partition coefficient (Wildman–Crippen LogP) is 3.31. The molecular weight excluding hydrogens is 349 g/mol. The van der Waals surface area contributed by atoms with Crippen LogP contribution < -0.4 is 10.1 Å². The Morgan fingerprint density at radius 2 is 2.24 bits per heavy atom. The highest BCUT2D eigenvalue weighted by molar-refractivity contribution is 6.32. The lowest BCUT2D eigenvalue weighted by molar-refractivity contribution is 0.0919. The first-order valence-electron chi connectivity index (χ1n) is 7.43. The van der Waals surface area contributed by atoms with Gasteiger partial charge >= 0.3 is 0 Å². The molecule has 2 aromatic heterocycles. The second-order valence-corrected chi connectivity index (χ2v) is 5.74. The van der Waals surface area contributed by atoms with E-state index in [1.807, 2.05) is 6.20 Å². The number of halogens is 2. The number of carbonyl (C=O) groups is 1. The van der Waals surface area contributed by atoms with Gasteiger partial charge < -0.3 is 14.5 Å². The minimum absolute atomic E-state index is 0.0707. The molecule has 1 amide bonds. The number of rotatable bonds is 6. The fourth-order valence-corrected chi connectivity index (χ4v) is 2.37. The zero-order valence-electron chi connectivity index (χ0n) is 13.3. The van der Waals surface area contributed by atoms with Crippen LogP contribution in [-0.2, 0) is 20.2 Å². The third-order valence-corrected chi connectivity index (χ3v) is 3.66. The molecule has 3 rings (SSSR count). The summed E-state index contributed by atoms with van der Waals surface area (Å²) in [6.07, 6.45) is 3.49. The normalized spacial score (nSPS) is 10.7. The van der Waals surface area contributed by atoms with E-state index in [9.17, 15) is 9.18 Å². The number of carbonyl (C=O) groups excluding carboxylic acids is 1. The van der Waals surface area contributed by atoms with Crippen LogP contribution in [0.3, 0.4) is 0 Å². The van der Waals surface area contributed by atoms with E-state index in [4.69, 9.17) is 20.8 Å². The molecule has 0 atom stereocenters. The van der Waals surface area contributed by atoms with Gasteiger partial charge in [0.2, 0.25) is 0 Å². The Labute approximate surface area is 148 Å². The maximum atomic E-state index is 13.0. The minimum atomic E-state index is -0.442. The number of ether oxygens (including phenoxy) is 1. The Bertz CT molecular complexity index is 891. The molecule has 0 aliphatic rings. The summed E-state index contributed by atoms with van der Waals surface area (Å²) in [6.45, 7) is 0.422. The standard InChI is InChI=1S/C17H15ClFN3O3/c1-22-9-11(8-21-22)7-20-17(23)16-5-3-13(25-16)10-24-15-4-2-12(19)6-14(15)18/h2-6,8-9H,7,10H2,1H3,(H,20,23). The molecule has 0 saturated carbocycles. The lowest BCUT2D eigenvalue weighted by Gasteiger charge is -2.06. The molecule has 3 aromatic rings. The summed E-state index contributed by atoms with van der Waals surface area (Å²) in [5.74, 6) is 0.180. The van der Waals surface area contributed by atoms with Gasteiger partial charge in [0, 0.05) is 25.4 Å². The van der Waals surface area contributed by atoms with E-state index in [0.717, 1.165) is 11.6 Å². The first-order chi connectivity index (χ1) is 12.0. The number of hydrogen-bond acceptors (Lipinski definition) is 4. The highest BCUT2D eigenvalue weighted by Crippen LogP contribution is 2.25. The number of aromatic nitrogens is 2. The van der Waals surface area contributed by atoms with Crippen LogP contribution in [0.25, 0.3) is 0 Å². The van der Waals surface area contributed by atoms with Gasteiger partial charge in [-0.2, -0.15) is 5.10 Å². The van der Waals surface area contributed by atoms with Crippen molar-refractivity contribution in [3.8, 4) is 5.75 Å². The Morgan fingerprint density at radius 3 is 2.96 bits per heavy atom. The van der Waals surface area contributed by atoms with Crippen LogP contribution >= 0.6 is 11.6 Å². The first kappa shape index (κ1) is 17.0. The Balaban J connectivity index is 1.55. The molecule has 1 N–H and O–H groups in total. The van der Waals surface area contributed by atoms with Gasteiger partial charge in [-0.15, -0.1) is 0 Å². The van der Waals surface area contributed by atoms with Crippen molar-refractivity contribution in [2.75, 3.05) is 0 Å². The summed E-state index contributed by atoms with van der Waals surface area (Å²) in [6, 6.07) is 7.04. The Kier molecular flexibility index (Phi) is 5.04. The molecular formula is C17H15ClFN3O3. The van der Waals surface area contributed by atoms with Crippen molar-refractivity contribution in [2.24, 2.45) is 7.05 Å². The number of aryl methyl sites for hydroxylation is 1. The molecule has 0 unspecified atom stereocenters. The number of benzene rings is 1. The average Bonchev–Trinajstić information content (AvgIpc) is 3.21. The number of hydrogen-bond donors (Lipinski definition) is 1. The maximum absolute atomic E-state index is 13.0. The lowest BCUT2D eigenvalue weighted by atomic mass is 10.3. The van der Waals surface area contributed by atoms with Crippen LogP contribution in [0, 0.1) is 5.82 Å². The molecule has 0 spiro atoms.